The molecule has 0 atom stereocenters. The van der Waals surface area contributed by atoms with Crippen molar-refractivity contribution in [3.63, 3.8) is 0 Å². The smallest absolute Gasteiger partial charge is 0.151 e. The number of aliphatic imine (C=N–C) groups is 1. The minimum Gasteiger partial charge on any atom is -0.326 e. The van der Waals surface area contributed by atoms with Gasteiger partial charge in [-0.25, -0.2) is 4.98 Å². The molecule has 0 aromatic carbocycles. The van der Waals surface area contributed by atoms with Crippen molar-refractivity contribution in [2.24, 2.45) is 12.0 Å². The molecule has 1 rings (SSSR count). The van der Waals surface area contributed by atoms with Crippen LogP contribution < -0.4 is 10.7 Å². The summed E-state index contributed by atoms with van der Waals surface area (Å²) in [5, 5.41) is 2.04. The third-order valence-electron chi connectivity index (χ3n) is 3.09. The first-order chi connectivity index (χ1) is 8.67. The fourth-order valence-electron chi connectivity index (χ4n) is 1.86. The zero-order valence-corrected chi connectivity index (χ0v) is 11.8. The van der Waals surface area contributed by atoms with Gasteiger partial charge in [-0.3, -0.25) is 4.99 Å². The highest BCUT2D eigenvalue weighted by Crippen LogP contribution is 2.01. The fraction of sp³-hybridized carbons (Fsp3) is 0.467. The largest absolute Gasteiger partial charge is 0.326 e. The van der Waals surface area contributed by atoms with E-state index in [9.17, 15) is 0 Å². The van der Waals surface area contributed by atoms with Gasteiger partial charge in [0.05, 0.1) is 16.9 Å². The first-order valence-electron chi connectivity index (χ1n) is 6.52. The second-order valence-electron chi connectivity index (χ2n) is 4.24. The van der Waals surface area contributed by atoms with Gasteiger partial charge in [-0.15, -0.1) is 0 Å². The SMILES string of the molecule is C=C/C=c1\c(=C/C)nc(C=NC(CC)CC)n1C. The predicted octanol–water partition coefficient (Wildman–Crippen LogP) is 1.79. The molecule has 0 aliphatic heterocycles. The number of aromatic nitrogens is 2. The molecule has 0 spiro atoms. The van der Waals surface area contributed by atoms with E-state index in [2.05, 4.69) is 30.4 Å². The lowest BCUT2D eigenvalue weighted by Crippen LogP contribution is -2.28. The Morgan fingerprint density at radius 2 is 2.06 bits per heavy atom. The van der Waals surface area contributed by atoms with Crippen molar-refractivity contribution in [3.05, 3.63) is 29.2 Å². The molecule has 0 saturated heterocycles. The van der Waals surface area contributed by atoms with Gasteiger partial charge >= 0.3 is 0 Å². The van der Waals surface area contributed by atoms with Gasteiger partial charge in [0.15, 0.2) is 5.82 Å². The molecule has 0 aliphatic carbocycles. The number of hydrogen-bond donors (Lipinski definition) is 0. The van der Waals surface area contributed by atoms with Crippen LogP contribution in [0.15, 0.2) is 17.6 Å². The van der Waals surface area contributed by atoms with Gasteiger partial charge in [0.2, 0.25) is 0 Å². The molecule has 1 heterocycles. The first-order valence-corrected chi connectivity index (χ1v) is 6.52. The number of allylic oxidation sites excluding steroid dienone is 1. The molecule has 0 saturated carbocycles. The van der Waals surface area contributed by atoms with Gasteiger partial charge in [-0.2, -0.15) is 0 Å². The Morgan fingerprint density at radius 1 is 1.39 bits per heavy atom. The van der Waals surface area contributed by atoms with Gasteiger partial charge in [0.1, 0.15) is 0 Å². The van der Waals surface area contributed by atoms with Gasteiger partial charge in [0, 0.05) is 13.1 Å². The van der Waals surface area contributed by atoms with Crippen LogP contribution in [0.4, 0.5) is 0 Å². The van der Waals surface area contributed by atoms with Crippen molar-refractivity contribution in [3.8, 4) is 0 Å². The molecule has 0 radical (unpaired) electrons. The molecular formula is C15H23N3. The van der Waals surface area contributed by atoms with Crippen LogP contribution >= 0.6 is 0 Å². The third-order valence-corrected chi connectivity index (χ3v) is 3.09. The maximum absolute atomic E-state index is 4.58. The number of imidazole rings is 1. The molecule has 0 fully saturated rings. The molecule has 1 aromatic rings. The summed E-state index contributed by atoms with van der Waals surface area (Å²) in [4.78, 5) is 9.15. The minimum atomic E-state index is 0.391. The monoisotopic (exact) mass is 245 g/mol. The van der Waals surface area contributed by atoms with E-state index in [1.807, 2.05) is 36.9 Å². The molecule has 0 unspecified atom stereocenters. The van der Waals surface area contributed by atoms with Crippen LogP contribution in [-0.2, 0) is 7.05 Å². The molecule has 3 nitrogen and oxygen atoms in total. The van der Waals surface area contributed by atoms with Crippen LogP contribution in [-0.4, -0.2) is 21.8 Å². The zero-order chi connectivity index (χ0) is 13.5. The maximum Gasteiger partial charge on any atom is 0.151 e. The number of hydrogen-bond acceptors (Lipinski definition) is 2. The molecule has 3 heteroatoms. The lowest BCUT2D eigenvalue weighted by atomic mass is 10.2. The maximum atomic E-state index is 4.58. The van der Waals surface area contributed by atoms with Crippen molar-refractivity contribution in [2.75, 3.05) is 0 Å². The molecule has 0 aliphatic rings. The highest BCUT2D eigenvalue weighted by molar-refractivity contribution is 5.75. The minimum absolute atomic E-state index is 0.391. The van der Waals surface area contributed by atoms with Crippen LogP contribution in [0.2, 0.25) is 0 Å². The summed E-state index contributed by atoms with van der Waals surface area (Å²) in [5.41, 5.74) is 0. The Balaban J connectivity index is 3.21. The summed E-state index contributed by atoms with van der Waals surface area (Å²) >= 11 is 0. The van der Waals surface area contributed by atoms with E-state index in [0.29, 0.717) is 6.04 Å². The van der Waals surface area contributed by atoms with E-state index in [1.165, 1.54) is 0 Å². The van der Waals surface area contributed by atoms with Crippen LogP contribution in [0.1, 0.15) is 39.4 Å². The third kappa shape index (κ3) is 3.19. The molecule has 0 bridgehead atoms. The van der Waals surface area contributed by atoms with Crippen LogP contribution in [0.3, 0.4) is 0 Å². The number of rotatable bonds is 5. The second-order valence-corrected chi connectivity index (χ2v) is 4.24. The summed E-state index contributed by atoms with van der Waals surface area (Å²) in [7, 11) is 2.00. The van der Waals surface area contributed by atoms with Crippen LogP contribution in [0.5, 0.6) is 0 Å². The summed E-state index contributed by atoms with van der Waals surface area (Å²) in [6.45, 7) is 10.0. The van der Waals surface area contributed by atoms with E-state index in [4.69, 9.17) is 0 Å². The normalized spacial score (nSPS) is 14.1. The Bertz CT molecular complexity index is 531. The Hall–Kier alpha value is -1.64. The average molecular weight is 245 g/mol. The van der Waals surface area contributed by atoms with Crippen molar-refractivity contribution >= 4 is 18.4 Å². The van der Waals surface area contributed by atoms with Crippen molar-refractivity contribution < 1.29 is 0 Å². The molecule has 18 heavy (non-hydrogen) atoms. The van der Waals surface area contributed by atoms with Crippen LogP contribution in [0.25, 0.3) is 12.2 Å². The van der Waals surface area contributed by atoms with E-state index >= 15 is 0 Å². The van der Waals surface area contributed by atoms with Crippen molar-refractivity contribution in [2.45, 2.75) is 39.7 Å². The highest BCUT2D eigenvalue weighted by Gasteiger charge is 2.03. The number of nitrogens with zero attached hydrogens (tertiary/aromatic N) is 3. The van der Waals surface area contributed by atoms with Gasteiger partial charge in [0.25, 0.3) is 0 Å². The first kappa shape index (κ1) is 14.4. The predicted molar refractivity (Wildman–Crippen MR) is 79.2 cm³/mol. The molecule has 0 N–H and O–H groups in total. The van der Waals surface area contributed by atoms with E-state index in [-0.39, 0.29) is 0 Å². The van der Waals surface area contributed by atoms with E-state index in [0.717, 1.165) is 29.4 Å². The topological polar surface area (TPSA) is 30.2 Å². The molecular weight excluding hydrogens is 222 g/mol. The second kappa shape index (κ2) is 6.94. The quantitative estimate of drug-likeness (QED) is 0.727. The van der Waals surface area contributed by atoms with E-state index < -0.39 is 0 Å². The standard InChI is InChI=1S/C15H23N3/c1-6-10-14-13(9-4)17-15(18(14)5)11-16-12(7-2)8-3/h6,9-12H,1,7-8H2,2-5H3/b13-9+,14-10+,16-11?. The highest BCUT2D eigenvalue weighted by atomic mass is 15.1. The van der Waals surface area contributed by atoms with Gasteiger partial charge < -0.3 is 4.57 Å². The molecule has 0 amide bonds. The lowest BCUT2D eigenvalue weighted by Gasteiger charge is -2.04. The Morgan fingerprint density at radius 3 is 2.56 bits per heavy atom. The summed E-state index contributed by atoms with van der Waals surface area (Å²) < 4.78 is 2.04. The lowest BCUT2D eigenvalue weighted by molar-refractivity contribution is 0.633. The molecule has 98 valence electrons. The summed E-state index contributed by atoms with van der Waals surface area (Å²) in [5.74, 6) is 0.892. The zero-order valence-electron chi connectivity index (χ0n) is 11.8. The van der Waals surface area contributed by atoms with Crippen LogP contribution in [0, 0.1) is 0 Å². The fourth-order valence-corrected chi connectivity index (χ4v) is 1.86. The summed E-state index contributed by atoms with van der Waals surface area (Å²) in [6.07, 6.45) is 9.77. The van der Waals surface area contributed by atoms with Crippen molar-refractivity contribution in [1.29, 1.82) is 0 Å². The van der Waals surface area contributed by atoms with E-state index in [1.54, 1.807) is 6.08 Å². The average Bonchev–Trinajstić information content (AvgIpc) is 2.69. The summed E-state index contributed by atoms with van der Waals surface area (Å²) in [6, 6.07) is 0.391. The van der Waals surface area contributed by atoms with Crippen molar-refractivity contribution in [1.82, 2.24) is 9.55 Å². The Labute approximate surface area is 109 Å². The van der Waals surface area contributed by atoms with Gasteiger partial charge in [-0.05, 0) is 25.8 Å². The molecule has 1 aromatic heterocycles. The Kier molecular flexibility index (Phi) is 5.56. The van der Waals surface area contributed by atoms with Gasteiger partial charge in [-0.1, -0.05) is 32.6 Å².